The highest BCUT2D eigenvalue weighted by Crippen LogP contribution is 2.22. The molecule has 0 aliphatic heterocycles. The highest BCUT2D eigenvalue weighted by molar-refractivity contribution is 5.93. The van der Waals surface area contributed by atoms with Crippen LogP contribution in [0.1, 0.15) is 38.6 Å². The van der Waals surface area contributed by atoms with Gasteiger partial charge in [-0.05, 0) is 51.9 Å². The molecule has 6 nitrogen and oxygen atoms in total. The van der Waals surface area contributed by atoms with Gasteiger partial charge in [-0.1, -0.05) is 17.7 Å². The van der Waals surface area contributed by atoms with Gasteiger partial charge in [0.1, 0.15) is 5.76 Å². The van der Waals surface area contributed by atoms with E-state index < -0.39 is 5.97 Å². The number of aryl methyl sites for hydroxylation is 4. The van der Waals surface area contributed by atoms with E-state index >= 15 is 0 Å². The quantitative estimate of drug-likeness (QED) is 0.802. The van der Waals surface area contributed by atoms with Crippen LogP contribution in [0.4, 0.5) is 5.69 Å². The number of hydrogen-bond donors (Lipinski definition) is 1. The van der Waals surface area contributed by atoms with Crippen LogP contribution in [0.2, 0.25) is 0 Å². The third-order valence-electron chi connectivity index (χ3n) is 4.12. The minimum atomic E-state index is -0.500. The summed E-state index contributed by atoms with van der Waals surface area (Å²) < 4.78 is 10.2. The fourth-order valence-electron chi connectivity index (χ4n) is 3.04. The molecule has 2 aromatic rings. The van der Waals surface area contributed by atoms with Crippen molar-refractivity contribution in [2.75, 3.05) is 26.0 Å². The van der Waals surface area contributed by atoms with Crippen molar-refractivity contribution in [1.82, 2.24) is 4.90 Å². The molecule has 0 bridgehead atoms. The monoisotopic (exact) mass is 358 g/mol. The second-order valence-electron chi connectivity index (χ2n) is 6.71. The van der Waals surface area contributed by atoms with E-state index in [1.165, 1.54) is 12.7 Å². The molecule has 1 heterocycles. The Kier molecular flexibility index (Phi) is 6.21. The summed E-state index contributed by atoms with van der Waals surface area (Å²) in [5, 5.41) is 2.98. The summed E-state index contributed by atoms with van der Waals surface area (Å²) in [5.41, 5.74) is 4.84. The van der Waals surface area contributed by atoms with Crippen LogP contribution in [-0.2, 0) is 16.1 Å². The lowest BCUT2D eigenvalue weighted by Gasteiger charge is -2.17. The van der Waals surface area contributed by atoms with Crippen molar-refractivity contribution in [1.29, 1.82) is 0 Å². The molecule has 26 heavy (non-hydrogen) atoms. The van der Waals surface area contributed by atoms with Gasteiger partial charge in [-0.15, -0.1) is 0 Å². The lowest BCUT2D eigenvalue weighted by atomic mass is 10.1. The van der Waals surface area contributed by atoms with E-state index in [2.05, 4.69) is 10.1 Å². The predicted octanol–water partition coefficient (Wildman–Crippen LogP) is 3.37. The first-order valence-corrected chi connectivity index (χ1v) is 8.45. The number of likely N-dealkylation sites (N-methyl/N-ethyl adjacent to an activating group) is 1. The van der Waals surface area contributed by atoms with Crippen LogP contribution in [0.5, 0.6) is 0 Å². The van der Waals surface area contributed by atoms with Gasteiger partial charge < -0.3 is 14.5 Å². The second kappa shape index (κ2) is 8.19. The first-order valence-electron chi connectivity index (χ1n) is 8.45. The summed E-state index contributed by atoms with van der Waals surface area (Å²) in [5.74, 6) is 0.214. The predicted molar refractivity (Wildman–Crippen MR) is 100 cm³/mol. The van der Waals surface area contributed by atoms with Crippen molar-refractivity contribution in [3.63, 3.8) is 0 Å². The van der Waals surface area contributed by atoms with Gasteiger partial charge in [0, 0.05) is 11.3 Å². The second-order valence-corrected chi connectivity index (χ2v) is 6.71. The fraction of sp³-hybridized carbons (Fsp3) is 0.400. The minimum absolute atomic E-state index is 0.0981. The number of nitrogens with zero attached hydrogens (tertiary/aromatic N) is 1. The number of methoxy groups -OCH3 is 1. The smallest absolute Gasteiger partial charge is 0.374 e. The summed E-state index contributed by atoms with van der Waals surface area (Å²) in [6.45, 7) is 8.41. The third kappa shape index (κ3) is 4.73. The number of amides is 1. The Balaban J connectivity index is 1.99. The van der Waals surface area contributed by atoms with Crippen LogP contribution >= 0.6 is 0 Å². The number of esters is 1. The van der Waals surface area contributed by atoms with Crippen molar-refractivity contribution in [2.45, 2.75) is 34.2 Å². The Labute approximate surface area is 154 Å². The maximum Gasteiger partial charge on any atom is 0.374 e. The summed E-state index contributed by atoms with van der Waals surface area (Å²) in [7, 11) is 3.14. The normalized spacial score (nSPS) is 10.9. The Bertz CT molecular complexity index is 800. The van der Waals surface area contributed by atoms with Crippen LogP contribution in [0.3, 0.4) is 0 Å². The number of carbonyl (C=O) groups is 2. The first kappa shape index (κ1) is 19.7. The van der Waals surface area contributed by atoms with Gasteiger partial charge in [-0.2, -0.15) is 0 Å². The van der Waals surface area contributed by atoms with E-state index in [1.54, 1.807) is 13.0 Å². The lowest BCUT2D eigenvalue weighted by molar-refractivity contribution is -0.117. The number of anilines is 1. The largest absolute Gasteiger partial charge is 0.463 e. The molecule has 0 spiro atoms. The minimum Gasteiger partial charge on any atom is -0.463 e. The van der Waals surface area contributed by atoms with Crippen LogP contribution in [0.25, 0.3) is 0 Å². The molecule has 1 aromatic heterocycles. The SMILES string of the molecule is COC(=O)c1oc(CN(C)CC(=O)Nc2c(C)cc(C)cc2C)cc1C. The van der Waals surface area contributed by atoms with Gasteiger partial charge in [0.15, 0.2) is 0 Å². The van der Waals surface area contributed by atoms with Crippen molar-refractivity contribution < 1.29 is 18.7 Å². The first-order chi connectivity index (χ1) is 12.2. The van der Waals surface area contributed by atoms with E-state index in [0.717, 1.165) is 22.4 Å². The molecule has 0 atom stereocenters. The highest BCUT2D eigenvalue weighted by Gasteiger charge is 2.18. The van der Waals surface area contributed by atoms with Crippen LogP contribution in [-0.4, -0.2) is 37.5 Å². The van der Waals surface area contributed by atoms with E-state index in [-0.39, 0.29) is 18.2 Å². The topological polar surface area (TPSA) is 71.8 Å². The van der Waals surface area contributed by atoms with Gasteiger partial charge in [0.05, 0.1) is 20.2 Å². The molecule has 0 saturated heterocycles. The van der Waals surface area contributed by atoms with Gasteiger partial charge in [0.2, 0.25) is 11.7 Å². The molecule has 2 rings (SSSR count). The van der Waals surface area contributed by atoms with Gasteiger partial charge >= 0.3 is 5.97 Å². The molecule has 1 aromatic carbocycles. The lowest BCUT2D eigenvalue weighted by Crippen LogP contribution is -2.30. The van der Waals surface area contributed by atoms with Crippen LogP contribution in [0.15, 0.2) is 22.6 Å². The van der Waals surface area contributed by atoms with Crippen LogP contribution in [0, 0.1) is 27.7 Å². The van der Waals surface area contributed by atoms with Crippen molar-refractivity contribution >= 4 is 17.6 Å². The Hall–Kier alpha value is -2.60. The molecular weight excluding hydrogens is 332 g/mol. The molecule has 0 radical (unpaired) electrons. The highest BCUT2D eigenvalue weighted by atomic mass is 16.5. The molecule has 0 fully saturated rings. The number of ether oxygens (including phenoxy) is 1. The maximum atomic E-state index is 12.4. The van der Waals surface area contributed by atoms with Gasteiger partial charge in [-0.3, -0.25) is 9.69 Å². The number of rotatable bonds is 6. The molecule has 0 aliphatic carbocycles. The average Bonchev–Trinajstić information content (AvgIpc) is 2.90. The number of furan rings is 1. The molecule has 0 unspecified atom stereocenters. The molecule has 1 amide bonds. The number of benzene rings is 1. The van der Waals surface area contributed by atoms with Crippen molar-refractivity contribution in [3.05, 3.63) is 52.0 Å². The van der Waals surface area contributed by atoms with Crippen LogP contribution < -0.4 is 5.32 Å². The van der Waals surface area contributed by atoms with E-state index in [9.17, 15) is 9.59 Å². The molecule has 140 valence electrons. The van der Waals surface area contributed by atoms with E-state index in [1.807, 2.05) is 44.9 Å². The standard InChI is InChI=1S/C20H26N2O4/c1-12-7-13(2)18(14(3)8-12)21-17(23)11-22(5)10-16-9-15(4)19(26-16)20(24)25-6/h7-9H,10-11H2,1-6H3,(H,21,23). The molecule has 0 saturated carbocycles. The molecular formula is C20H26N2O4. The van der Waals surface area contributed by atoms with Crippen molar-refractivity contribution in [2.24, 2.45) is 0 Å². The zero-order valence-electron chi connectivity index (χ0n) is 16.2. The fourth-order valence-corrected chi connectivity index (χ4v) is 3.04. The van der Waals surface area contributed by atoms with Crippen molar-refractivity contribution in [3.8, 4) is 0 Å². The number of carbonyl (C=O) groups excluding carboxylic acids is 2. The zero-order chi connectivity index (χ0) is 19.4. The summed E-state index contributed by atoms with van der Waals surface area (Å²) in [6, 6.07) is 5.88. The molecule has 6 heteroatoms. The Morgan fingerprint density at radius 3 is 2.27 bits per heavy atom. The zero-order valence-corrected chi connectivity index (χ0v) is 16.2. The maximum absolute atomic E-state index is 12.4. The summed E-state index contributed by atoms with van der Waals surface area (Å²) in [6.07, 6.45) is 0. The average molecular weight is 358 g/mol. The molecule has 1 N–H and O–H groups in total. The Morgan fingerprint density at radius 1 is 1.08 bits per heavy atom. The van der Waals surface area contributed by atoms with Gasteiger partial charge in [0.25, 0.3) is 0 Å². The number of nitrogens with one attached hydrogen (secondary N) is 1. The summed E-state index contributed by atoms with van der Waals surface area (Å²) in [4.78, 5) is 25.8. The molecule has 0 aliphatic rings. The third-order valence-corrected chi connectivity index (χ3v) is 4.12. The summed E-state index contributed by atoms with van der Waals surface area (Å²) >= 11 is 0. The number of hydrogen-bond acceptors (Lipinski definition) is 5. The van der Waals surface area contributed by atoms with E-state index in [0.29, 0.717) is 12.3 Å². The van der Waals surface area contributed by atoms with Gasteiger partial charge in [-0.25, -0.2) is 4.79 Å². The van der Waals surface area contributed by atoms with E-state index in [4.69, 9.17) is 4.42 Å². The Morgan fingerprint density at radius 2 is 1.69 bits per heavy atom.